The fraction of sp³-hybridized carbons (Fsp3) is 0.409. The largest absolute Gasteiger partial charge is 0.427 e. The van der Waals surface area contributed by atoms with Crippen molar-refractivity contribution >= 4 is 11.8 Å². The molecule has 2 amide bonds. The van der Waals surface area contributed by atoms with Crippen molar-refractivity contribution in [1.82, 2.24) is 9.63 Å². The molecule has 1 fully saturated rings. The predicted octanol–water partition coefficient (Wildman–Crippen LogP) is 3.15. The number of carbonyl (C=O) groups excluding carboxylic acids is 2. The molecule has 1 N–H and O–H groups in total. The van der Waals surface area contributed by atoms with Gasteiger partial charge in [-0.25, -0.2) is 0 Å². The summed E-state index contributed by atoms with van der Waals surface area (Å²) in [5.41, 5.74) is 1.79. The van der Waals surface area contributed by atoms with Crippen LogP contribution in [0.5, 0.6) is 0 Å². The number of hydrogen-bond acceptors (Lipinski definition) is 3. The lowest BCUT2D eigenvalue weighted by atomic mass is 9.84. The number of hydrogen-bond donors (Lipinski definition) is 1. The highest BCUT2D eigenvalue weighted by Gasteiger charge is 2.37. The zero-order valence-corrected chi connectivity index (χ0v) is 15.8. The summed E-state index contributed by atoms with van der Waals surface area (Å²) in [5, 5.41) is 9.91. The van der Waals surface area contributed by atoms with E-state index in [9.17, 15) is 14.8 Å². The van der Waals surface area contributed by atoms with Crippen molar-refractivity contribution in [3.63, 3.8) is 0 Å². The minimum absolute atomic E-state index is 0.107. The molecule has 6 nitrogen and oxygen atoms in total. The summed E-state index contributed by atoms with van der Waals surface area (Å²) in [7, 11) is 0. The predicted molar refractivity (Wildman–Crippen MR) is 103 cm³/mol. The number of nitrogens with zero attached hydrogens (tertiary/aromatic N) is 3. The van der Waals surface area contributed by atoms with Gasteiger partial charge in [-0.15, -0.1) is 0 Å². The average Bonchev–Trinajstić information content (AvgIpc) is 3.05. The summed E-state index contributed by atoms with van der Waals surface area (Å²) in [5.74, 6) is -0.0583. The van der Waals surface area contributed by atoms with Crippen LogP contribution < -0.4 is 5.49 Å². The van der Waals surface area contributed by atoms with E-state index >= 15 is 0 Å². The van der Waals surface area contributed by atoms with E-state index in [0.717, 1.165) is 23.1 Å². The average molecular weight is 379 g/mol. The molecule has 0 bridgehead atoms. The molecular formula is C22H25N3O3. The molecule has 2 heterocycles. The molecule has 6 heteroatoms. The summed E-state index contributed by atoms with van der Waals surface area (Å²) in [6, 6.07) is 11.9. The monoisotopic (exact) mass is 379 g/mol. The molecule has 1 aliphatic heterocycles. The first-order chi connectivity index (χ1) is 13.6. The second-order valence-corrected chi connectivity index (χ2v) is 7.70. The van der Waals surface area contributed by atoms with Gasteiger partial charge in [-0.3, -0.25) is 9.59 Å². The van der Waals surface area contributed by atoms with Crippen molar-refractivity contribution in [2.24, 2.45) is 10.9 Å². The third-order valence-corrected chi connectivity index (χ3v) is 5.84. The molecule has 0 unspecified atom stereocenters. The quantitative estimate of drug-likeness (QED) is 0.829. The van der Waals surface area contributed by atoms with Gasteiger partial charge in [-0.05, 0) is 36.1 Å². The van der Waals surface area contributed by atoms with Gasteiger partial charge in [0, 0.05) is 18.3 Å². The molecule has 2 aliphatic rings. The van der Waals surface area contributed by atoms with E-state index in [1.165, 1.54) is 25.5 Å². The Labute approximate surface area is 164 Å². The molecule has 1 aromatic heterocycles. The van der Waals surface area contributed by atoms with Crippen molar-refractivity contribution in [2.45, 2.75) is 51.1 Å². The van der Waals surface area contributed by atoms with Gasteiger partial charge in [0.2, 0.25) is 0 Å². The zero-order chi connectivity index (χ0) is 19.5. The third kappa shape index (κ3) is 3.72. The van der Waals surface area contributed by atoms with Crippen LogP contribution in [0.25, 0.3) is 0 Å². The maximum absolute atomic E-state index is 13.1. The van der Waals surface area contributed by atoms with Gasteiger partial charge in [0.1, 0.15) is 6.04 Å². The lowest BCUT2D eigenvalue weighted by molar-refractivity contribution is -0.123. The highest BCUT2D eigenvalue weighted by Crippen LogP contribution is 2.32. The first kappa shape index (κ1) is 18.5. The van der Waals surface area contributed by atoms with Crippen LogP contribution in [0.3, 0.4) is 0 Å². The summed E-state index contributed by atoms with van der Waals surface area (Å²) < 4.78 is 0.829. The molecule has 0 radical (unpaired) electrons. The summed E-state index contributed by atoms with van der Waals surface area (Å²) in [4.78, 5) is 31.9. The topological polar surface area (TPSA) is 74.9 Å². The van der Waals surface area contributed by atoms with Crippen LogP contribution in [-0.4, -0.2) is 32.7 Å². The van der Waals surface area contributed by atoms with Gasteiger partial charge in [-0.2, -0.15) is 9.72 Å². The Morgan fingerprint density at radius 3 is 2.61 bits per heavy atom. The molecule has 2 aromatic rings. The molecule has 1 saturated carbocycles. The highest BCUT2D eigenvalue weighted by atomic mass is 16.5. The van der Waals surface area contributed by atoms with E-state index in [0.29, 0.717) is 24.4 Å². The van der Waals surface area contributed by atoms with Gasteiger partial charge in [0.15, 0.2) is 5.49 Å². The second-order valence-electron chi connectivity index (χ2n) is 7.70. The minimum Gasteiger partial charge on any atom is -0.427 e. The van der Waals surface area contributed by atoms with Crippen LogP contribution in [0.4, 0.5) is 0 Å². The van der Waals surface area contributed by atoms with E-state index in [1.807, 2.05) is 24.3 Å². The summed E-state index contributed by atoms with van der Waals surface area (Å²) >= 11 is 0. The van der Waals surface area contributed by atoms with E-state index in [2.05, 4.69) is 4.99 Å². The molecule has 1 aromatic carbocycles. The Morgan fingerprint density at radius 2 is 1.86 bits per heavy atom. The van der Waals surface area contributed by atoms with Gasteiger partial charge in [0.25, 0.3) is 11.8 Å². The maximum atomic E-state index is 13.1. The lowest BCUT2D eigenvalue weighted by Crippen LogP contribution is -2.43. The van der Waals surface area contributed by atoms with Crippen molar-refractivity contribution in [3.05, 3.63) is 65.3 Å². The van der Waals surface area contributed by atoms with Gasteiger partial charge >= 0.3 is 0 Å². The summed E-state index contributed by atoms with van der Waals surface area (Å²) in [6.07, 6.45) is 7.81. The van der Waals surface area contributed by atoms with Crippen LogP contribution in [0.15, 0.2) is 53.7 Å². The van der Waals surface area contributed by atoms with Gasteiger partial charge < -0.3 is 10.1 Å². The number of benzene rings is 1. The number of carbonyl (C=O) groups is 2. The third-order valence-electron chi connectivity index (χ3n) is 5.84. The first-order valence-corrected chi connectivity index (χ1v) is 9.98. The van der Waals surface area contributed by atoms with Crippen molar-refractivity contribution in [1.29, 1.82) is 0 Å². The van der Waals surface area contributed by atoms with E-state index < -0.39 is 6.04 Å². The minimum atomic E-state index is -0.608. The second kappa shape index (κ2) is 8.00. The normalized spacial score (nSPS) is 18.9. The molecule has 4 rings (SSSR count). The van der Waals surface area contributed by atoms with Crippen LogP contribution in [-0.2, 0) is 11.3 Å². The fourth-order valence-corrected chi connectivity index (χ4v) is 4.33. The Bertz CT molecular complexity index is 944. The van der Waals surface area contributed by atoms with Crippen LogP contribution in [0.2, 0.25) is 0 Å². The van der Waals surface area contributed by atoms with Crippen molar-refractivity contribution in [2.75, 3.05) is 0 Å². The zero-order valence-electron chi connectivity index (χ0n) is 15.8. The van der Waals surface area contributed by atoms with Crippen molar-refractivity contribution in [3.8, 4) is 0 Å². The Kier molecular flexibility index (Phi) is 5.28. The SMILES string of the molecule is O=C(N=c1ccccn1O)[C@H](CC1CCCCC1)N1Cc2ccccc2C1=O. The smallest absolute Gasteiger partial charge is 0.270 e. The molecule has 28 heavy (non-hydrogen) atoms. The Morgan fingerprint density at radius 1 is 1.11 bits per heavy atom. The standard InChI is InChI=1S/C22H25N3O3/c26-21(23-20-12-6-7-13-25(20)28)19(14-16-8-2-1-3-9-16)24-15-17-10-4-5-11-18(17)22(24)27/h4-7,10-13,16,19,28H,1-3,8-9,14-15H2/t19-/m0/s1. The lowest BCUT2D eigenvalue weighted by Gasteiger charge is -2.30. The van der Waals surface area contributed by atoms with Crippen molar-refractivity contribution < 1.29 is 14.8 Å². The van der Waals surface area contributed by atoms with Crippen LogP contribution in [0.1, 0.15) is 54.4 Å². The number of amides is 2. The number of aromatic nitrogens is 1. The van der Waals surface area contributed by atoms with Gasteiger partial charge in [0.05, 0.1) is 0 Å². The van der Waals surface area contributed by atoms with Crippen LogP contribution >= 0.6 is 0 Å². The number of rotatable bonds is 4. The molecular weight excluding hydrogens is 354 g/mol. The Hall–Kier alpha value is -2.89. The fourth-order valence-electron chi connectivity index (χ4n) is 4.33. The maximum Gasteiger partial charge on any atom is 0.270 e. The Balaban J connectivity index is 1.64. The molecule has 0 saturated heterocycles. The molecule has 1 atom stereocenters. The number of fused-ring (bicyclic) bond motifs is 1. The first-order valence-electron chi connectivity index (χ1n) is 9.98. The summed E-state index contributed by atoms with van der Waals surface area (Å²) in [6.45, 7) is 0.432. The van der Waals surface area contributed by atoms with E-state index in [4.69, 9.17) is 0 Å². The molecule has 1 aliphatic carbocycles. The molecule has 0 spiro atoms. The number of pyridine rings is 1. The molecule has 146 valence electrons. The van der Waals surface area contributed by atoms with E-state index in [-0.39, 0.29) is 17.3 Å². The van der Waals surface area contributed by atoms with E-state index in [1.54, 1.807) is 23.1 Å². The highest BCUT2D eigenvalue weighted by molar-refractivity contribution is 6.01. The van der Waals surface area contributed by atoms with Gasteiger partial charge in [-0.1, -0.05) is 56.4 Å². The van der Waals surface area contributed by atoms with Crippen LogP contribution in [0, 0.1) is 5.92 Å².